The number of aromatic nitrogens is 2. The molecular weight excluding hydrogens is 553 g/mol. The third-order valence-corrected chi connectivity index (χ3v) is 5.86. The Morgan fingerprint density at radius 3 is 2.31 bits per heavy atom. The predicted octanol–water partition coefficient (Wildman–Crippen LogP) is 6.00. The lowest BCUT2D eigenvalue weighted by Crippen LogP contribution is -2.49. The van der Waals surface area contributed by atoms with Gasteiger partial charge in [0.25, 0.3) is 6.47 Å². The molecule has 10 nitrogen and oxygen atoms in total. The molecule has 0 saturated carbocycles. The molecule has 1 atom stereocenters. The summed E-state index contributed by atoms with van der Waals surface area (Å²) in [6.07, 6.45) is -3.05. The van der Waals surface area contributed by atoms with Crippen molar-refractivity contribution in [3.63, 3.8) is 0 Å². The first-order valence-corrected chi connectivity index (χ1v) is 13.2. The molecular formula is C29H35F3N6O4. The number of anilines is 3. The van der Waals surface area contributed by atoms with E-state index in [0.717, 1.165) is 31.5 Å². The SMILES string of the molecule is CC(C)(C)OC=O.Cc1ccc(NC(=O)Nc2ccc(Oc3cc(N4CCN[C@H](C)C4)ncn3)cc2)cc1C(F)(F)F. The predicted molar refractivity (Wildman–Crippen MR) is 154 cm³/mol. The zero-order chi connectivity index (χ0) is 30.9. The first kappa shape index (κ1) is 32.1. The molecule has 2 amide bonds. The quantitative estimate of drug-likeness (QED) is 0.301. The van der Waals surface area contributed by atoms with Gasteiger partial charge in [-0.25, -0.2) is 14.8 Å². The fraction of sp³-hybridized carbons (Fsp3) is 0.379. The van der Waals surface area contributed by atoms with Crippen LogP contribution in [0.3, 0.4) is 0 Å². The second kappa shape index (κ2) is 14.0. The Morgan fingerprint density at radius 2 is 1.71 bits per heavy atom. The van der Waals surface area contributed by atoms with Crippen LogP contribution in [0.15, 0.2) is 54.9 Å². The number of piperazine rings is 1. The molecule has 2 heterocycles. The number of carbonyl (C=O) groups is 2. The van der Waals surface area contributed by atoms with Gasteiger partial charge in [0.05, 0.1) is 5.56 Å². The summed E-state index contributed by atoms with van der Waals surface area (Å²) in [4.78, 5) is 32.5. The molecule has 13 heteroatoms. The van der Waals surface area contributed by atoms with Gasteiger partial charge in [-0.15, -0.1) is 0 Å². The van der Waals surface area contributed by atoms with Crippen molar-refractivity contribution in [2.45, 2.75) is 52.4 Å². The Hall–Kier alpha value is -4.39. The number of halogens is 3. The molecule has 0 spiro atoms. The summed E-state index contributed by atoms with van der Waals surface area (Å²) in [7, 11) is 0. The first-order chi connectivity index (χ1) is 19.7. The van der Waals surface area contributed by atoms with Crippen LogP contribution < -0.4 is 25.6 Å². The fourth-order valence-electron chi connectivity index (χ4n) is 3.87. The van der Waals surface area contributed by atoms with Gasteiger partial charge in [0, 0.05) is 43.1 Å². The largest absolute Gasteiger partial charge is 0.462 e. The average Bonchev–Trinajstić information content (AvgIpc) is 2.90. The number of hydrogen-bond donors (Lipinski definition) is 3. The number of nitrogens with one attached hydrogen (secondary N) is 3. The normalized spacial score (nSPS) is 15.1. The molecule has 0 radical (unpaired) electrons. The van der Waals surface area contributed by atoms with Crippen LogP contribution in [0.25, 0.3) is 0 Å². The highest BCUT2D eigenvalue weighted by atomic mass is 19.4. The molecule has 4 rings (SSSR count). The number of hydrogen-bond acceptors (Lipinski definition) is 8. The van der Waals surface area contributed by atoms with Crippen LogP contribution in [-0.2, 0) is 15.7 Å². The number of amides is 2. The lowest BCUT2D eigenvalue weighted by atomic mass is 10.1. The van der Waals surface area contributed by atoms with Crippen molar-refractivity contribution in [1.82, 2.24) is 15.3 Å². The van der Waals surface area contributed by atoms with Crippen LogP contribution in [0.4, 0.5) is 35.2 Å². The van der Waals surface area contributed by atoms with Gasteiger partial charge in [0.15, 0.2) is 0 Å². The number of nitrogens with zero attached hydrogens (tertiary/aromatic N) is 3. The lowest BCUT2D eigenvalue weighted by Gasteiger charge is -2.32. The van der Waals surface area contributed by atoms with Crippen LogP contribution in [0, 0.1) is 6.92 Å². The number of benzene rings is 2. The molecule has 2 aromatic carbocycles. The third-order valence-electron chi connectivity index (χ3n) is 5.86. The summed E-state index contributed by atoms with van der Waals surface area (Å²) >= 11 is 0. The van der Waals surface area contributed by atoms with Gasteiger partial charge in [-0.1, -0.05) is 6.07 Å². The number of ether oxygens (including phenoxy) is 2. The molecule has 1 aliphatic heterocycles. The van der Waals surface area contributed by atoms with Gasteiger partial charge in [0.2, 0.25) is 5.88 Å². The highest BCUT2D eigenvalue weighted by molar-refractivity contribution is 5.99. The van der Waals surface area contributed by atoms with Gasteiger partial charge in [-0.05, 0) is 76.6 Å². The molecule has 0 unspecified atom stereocenters. The van der Waals surface area contributed by atoms with E-state index < -0.39 is 17.8 Å². The molecule has 1 aromatic heterocycles. The van der Waals surface area contributed by atoms with Crippen molar-refractivity contribution >= 4 is 29.7 Å². The molecule has 3 N–H and O–H groups in total. The van der Waals surface area contributed by atoms with Gasteiger partial charge in [0.1, 0.15) is 23.5 Å². The maximum absolute atomic E-state index is 13.1. The molecule has 226 valence electrons. The second-order valence-corrected chi connectivity index (χ2v) is 10.6. The summed E-state index contributed by atoms with van der Waals surface area (Å²) in [6, 6.07) is 11.6. The van der Waals surface area contributed by atoms with Crippen molar-refractivity contribution in [1.29, 1.82) is 0 Å². The molecule has 0 aliphatic carbocycles. The Balaban J connectivity index is 0.000000616. The van der Waals surface area contributed by atoms with Crippen LogP contribution in [-0.4, -0.2) is 53.7 Å². The van der Waals surface area contributed by atoms with E-state index in [-0.39, 0.29) is 16.9 Å². The monoisotopic (exact) mass is 588 g/mol. The molecule has 1 aliphatic rings. The second-order valence-electron chi connectivity index (χ2n) is 10.6. The van der Waals surface area contributed by atoms with Gasteiger partial charge in [-0.3, -0.25) is 4.79 Å². The van der Waals surface area contributed by atoms with Crippen molar-refractivity contribution in [3.8, 4) is 11.6 Å². The van der Waals surface area contributed by atoms with Crippen LogP contribution in [0.5, 0.6) is 11.6 Å². The minimum absolute atomic E-state index is 0.0406. The number of rotatable bonds is 6. The number of alkyl halides is 3. The van der Waals surface area contributed by atoms with E-state index in [1.165, 1.54) is 25.4 Å². The minimum Gasteiger partial charge on any atom is -0.462 e. The summed E-state index contributed by atoms with van der Waals surface area (Å²) in [5, 5.41) is 8.39. The van der Waals surface area contributed by atoms with Crippen LogP contribution >= 0.6 is 0 Å². The Kier molecular flexibility index (Phi) is 10.7. The summed E-state index contributed by atoms with van der Waals surface area (Å²) in [5.74, 6) is 1.67. The van der Waals surface area contributed by atoms with E-state index in [4.69, 9.17) is 4.74 Å². The van der Waals surface area contributed by atoms with E-state index >= 15 is 0 Å². The molecule has 1 fully saturated rings. The Bertz CT molecular complexity index is 1350. The van der Waals surface area contributed by atoms with E-state index in [2.05, 4.69) is 42.5 Å². The third kappa shape index (κ3) is 10.2. The van der Waals surface area contributed by atoms with E-state index in [1.807, 2.05) is 20.8 Å². The number of carbonyl (C=O) groups excluding carboxylic acids is 2. The number of aryl methyl sites for hydroxylation is 1. The summed E-state index contributed by atoms with van der Waals surface area (Å²) in [5.41, 5.74) is -0.551. The molecule has 0 bridgehead atoms. The fourth-order valence-corrected chi connectivity index (χ4v) is 3.87. The standard InChI is InChI=1S/C24H25F3N6O2.C5H10O2/c1-15-3-4-18(11-20(15)24(25,26)27)32-23(34)31-17-5-7-19(8-6-17)35-22-12-21(29-14-30-22)33-10-9-28-16(2)13-33;1-5(2,3)7-4-6/h3-8,11-12,14,16,28H,9-10,13H2,1-2H3,(H2,31,32,34);4H,1-3H3/t16-;/m1./s1. The topological polar surface area (TPSA) is 118 Å². The lowest BCUT2D eigenvalue weighted by molar-refractivity contribution is -0.139. The van der Waals surface area contributed by atoms with Crippen LogP contribution in [0.1, 0.15) is 38.8 Å². The highest BCUT2D eigenvalue weighted by Gasteiger charge is 2.32. The van der Waals surface area contributed by atoms with Crippen molar-refractivity contribution in [3.05, 3.63) is 66.0 Å². The van der Waals surface area contributed by atoms with E-state index in [9.17, 15) is 22.8 Å². The van der Waals surface area contributed by atoms with E-state index in [0.29, 0.717) is 29.8 Å². The molecule has 3 aromatic rings. The number of urea groups is 1. The molecule has 42 heavy (non-hydrogen) atoms. The van der Waals surface area contributed by atoms with Crippen molar-refractivity contribution in [2.24, 2.45) is 0 Å². The highest BCUT2D eigenvalue weighted by Crippen LogP contribution is 2.33. The van der Waals surface area contributed by atoms with Crippen molar-refractivity contribution < 1.29 is 32.2 Å². The van der Waals surface area contributed by atoms with Gasteiger partial charge < -0.3 is 30.3 Å². The Morgan fingerprint density at radius 1 is 1.05 bits per heavy atom. The van der Waals surface area contributed by atoms with E-state index in [1.54, 1.807) is 30.3 Å². The average molecular weight is 589 g/mol. The smallest absolute Gasteiger partial charge is 0.416 e. The first-order valence-electron chi connectivity index (χ1n) is 13.2. The molecule has 1 saturated heterocycles. The zero-order valence-electron chi connectivity index (χ0n) is 24.1. The van der Waals surface area contributed by atoms with Gasteiger partial charge in [-0.2, -0.15) is 13.2 Å². The maximum Gasteiger partial charge on any atom is 0.416 e. The minimum atomic E-state index is -4.50. The zero-order valence-corrected chi connectivity index (χ0v) is 24.1. The Labute approximate surface area is 242 Å². The summed E-state index contributed by atoms with van der Waals surface area (Å²) < 4.78 is 49.6. The van der Waals surface area contributed by atoms with Gasteiger partial charge >= 0.3 is 12.2 Å². The summed E-state index contributed by atoms with van der Waals surface area (Å²) in [6.45, 7) is 11.9. The van der Waals surface area contributed by atoms with Crippen LogP contribution in [0.2, 0.25) is 0 Å². The maximum atomic E-state index is 13.1. The van der Waals surface area contributed by atoms with Crippen molar-refractivity contribution in [2.75, 3.05) is 35.2 Å².